The highest BCUT2D eigenvalue weighted by Crippen LogP contribution is 2.15. The van der Waals surface area contributed by atoms with Crippen molar-refractivity contribution in [3.63, 3.8) is 0 Å². The quantitative estimate of drug-likeness (QED) is 0.623. The molecule has 124 valence electrons. The molecule has 1 aromatic carbocycles. The molecule has 0 unspecified atom stereocenters. The number of benzene rings is 1. The van der Waals surface area contributed by atoms with Crippen LogP contribution in [0.25, 0.3) is 16.7 Å². The Kier molecular flexibility index (Phi) is 3.74. The second-order valence-electron chi connectivity index (χ2n) is 5.66. The molecule has 0 radical (unpaired) electrons. The lowest BCUT2D eigenvalue weighted by molar-refractivity contribution is -0.116. The van der Waals surface area contributed by atoms with Crippen LogP contribution in [0.1, 0.15) is 5.82 Å². The second kappa shape index (κ2) is 6.20. The van der Waals surface area contributed by atoms with Gasteiger partial charge in [0.25, 0.3) is 0 Å². The number of anilines is 1. The molecule has 3 aromatic heterocycles. The van der Waals surface area contributed by atoms with Crippen molar-refractivity contribution in [1.82, 2.24) is 24.1 Å². The maximum absolute atomic E-state index is 12.4. The summed E-state index contributed by atoms with van der Waals surface area (Å²) in [6.45, 7) is 2.11. The van der Waals surface area contributed by atoms with Gasteiger partial charge in [-0.1, -0.05) is 18.2 Å². The van der Waals surface area contributed by atoms with Crippen LogP contribution in [0.4, 0.5) is 5.82 Å². The zero-order valence-corrected chi connectivity index (χ0v) is 13.6. The third-order valence-corrected chi connectivity index (χ3v) is 3.99. The van der Waals surface area contributed by atoms with Gasteiger partial charge in [-0.3, -0.25) is 9.36 Å². The van der Waals surface area contributed by atoms with Crippen molar-refractivity contribution in [2.45, 2.75) is 13.5 Å². The minimum absolute atomic E-state index is 0.145. The summed E-state index contributed by atoms with van der Waals surface area (Å²) in [4.78, 5) is 24.9. The van der Waals surface area contributed by atoms with E-state index in [-0.39, 0.29) is 12.5 Å². The summed E-state index contributed by atoms with van der Waals surface area (Å²) >= 11 is 0. The molecule has 0 saturated heterocycles. The van der Waals surface area contributed by atoms with Crippen LogP contribution in [0.15, 0.2) is 61.3 Å². The fourth-order valence-corrected chi connectivity index (χ4v) is 2.78. The molecule has 0 aliphatic heterocycles. The molecule has 0 spiro atoms. The Hall–Kier alpha value is -3.48. The third-order valence-electron chi connectivity index (χ3n) is 3.99. The lowest BCUT2D eigenvalue weighted by Gasteiger charge is -2.08. The molecule has 3 heterocycles. The van der Waals surface area contributed by atoms with Crippen molar-refractivity contribution >= 4 is 22.6 Å². The molecule has 25 heavy (non-hydrogen) atoms. The van der Waals surface area contributed by atoms with Crippen LogP contribution in [0.5, 0.6) is 0 Å². The van der Waals surface area contributed by atoms with E-state index in [1.807, 2.05) is 58.8 Å². The molecular formula is C18H16N6O. The predicted octanol–water partition coefficient (Wildman–Crippen LogP) is 2.56. The van der Waals surface area contributed by atoms with Crippen LogP contribution in [-0.2, 0) is 11.3 Å². The van der Waals surface area contributed by atoms with Crippen LogP contribution >= 0.6 is 0 Å². The molecule has 0 aliphatic carbocycles. The van der Waals surface area contributed by atoms with Crippen molar-refractivity contribution < 1.29 is 4.79 Å². The number of nitrogens with one attached hydrogen (secondary N) is 1. The Morgan fingerprint density at radius 1 is 1.12 bits per heavy atom. The van der Waals surface area contributed by atoms with Crippen molar-refractivity contribution in [2.24, 2.45) is 0 Å². The number of aryl methyl sites for hydroxylation is 1. The summed E-state index contributed by atoms with van der Waals surface area (Å²) in [5.74, 6) is 1.79. The first kappa shape index (κ1) is 15.1. The number of amides is 1. The van der Waals surface area contributed by atoms with Gasteiger partial charge in [-0.25, -0.2) is 15.0 Å². The van der Waals surface area contributed by atoms with Gasteiger partial charge in [0.2, 0.25) is 5.91 Å². The number of nitrogens with zero attached hydrogens (tertiary/aromatic N) is 5. The van der Waals surface area contributed by atoms with E-state index in [4.69, 9.17) is 0 Å². The number of carbonyl (C=O) groups is 1. The molecule has 0 aliphatic rings. The van der Waals surface area contributed by atoms with E-state index in [1.54, 1.807) is 12.3 Å². The van der Waals surface area contributed by atoms with Gasteiger partial charge in [0.05, 0.1) is 0 Å². The molecule has 0 atom stereocenters. The Morgan fingerprint density at radius 3 is 2.84 bits per heavy atom. The van der Waals surface area contributed by atoms with Crippen molar-refractivity contribution in [2.75, 3.05) is 5.32 Å². The Balaban J connectivity index is 1.52. The summed E-state index contributed by atoms with van der Waals surface area (Å²) in [6, 6.07) is 11.7. The van der Waals surface area contributed by atoms with E-state index in [0.29, 0.717) is 11.6 Å². The van der Waals surface area contributed by atoms with Crippen LogP contribution in [-0.4, -0.2) is 30.0 Å². The first-order chi connectivity index (χ1) is 12.2. The molecule has 7 heteroatoms. The first-order valence-corrected chi connectivity index (χ1v) is 7.87. The standard InChI is InChI=1S/C18H16N6O/c1-13-19-7-9-24(13)17-10-16(20-12-21-17)22-18(25)11-23-8-6-14-4-2-3-5-15(14)23/h2-10,12H,11H2,1H3,(H,20,21,22,25). The van der Waals surface area contributed by atoms with E-state index < -0.39 is 0 Å². The SMILES string of the molecule is Cc1nccn1-c1cc(NC(=O)Cn2ccc3ccccc32)ncn1. The molecule has 0 fully saturated rings. The number of para-hydroxylation sites is 1. The zero-order valence-electron chi connectivity index (χ0n) is 13.6. The van der Waals surface area contributed by atoms with Gasteiger partial charge in [-0.15, -0.1) is 0 Å². The topological polar surface area (TPSA) is 77.6 Å². The number of carbonyl (C=O) groups excluding carboxylic acids is 1. The fraction of sp³-hybridized carbons (Fsp3) is 0.111. The predicted molar refractivity (Wildman–Crippen MR) is 94.5 cm³/mol. The van der Waals surface area contributed by atoms with Crippen LogP contribution in [0, 0.1) is 6.92 Å². The molecule has 1 N–H and O–H groups in total. The Labute approximate surface area is 144 Å². The lowest BCUT2D eigenvalue weighted by atomic mass is 10.2. The van der Waals surface area contributed by atoms with Crippen LogP contribution in [0.3, 0.4) is 0 Å². The van der Waals surface area contributed by atoms with E-state index in [2.05, 4.69) is 20.3 Å². The first-order valence-electron chi connectivity index (χ1n) is 7.87. The van der Waals surface area contributed by atoms with Crippen LogP contribution in [0.2, 0.25) is 0 Å². The van der Waals surface area contributed by atoms with Gasteiger partial charge in [-0.2, -0.15) is 0 Å². The van der Waals surface area contributed by atoms with Gasteiger partial charge in [-0.05, 0) is 24.4 Å². The normalized spacial score (nSPS) is 10.9. The summed E-state index contributed by atoms with van der Waals surface area (Å²) in [7, 11) is 0. The average Bonchev–Trinajstić information content (AvgIpc) is 3.22. The number of hydrogen-bond donors (Lipinski definition) is 1. The van der Waals surface area contributed by atoms with E-state index in [9.17, 15) is 4.79 Å². The maximum Gasteiger partial charge on any atom is 0.245 e. The summed E-state index contributed by atoms with van der Waals surface area (Å²) in [5, 5.41) is 3.93. The molecule has 0 bridgehead atoms. The largest absolute Gasteiger partial charge is 0.338 e. The van der Waals surface area contributed by atoms with Gasteiger partial charge in [0.1, 0.15) is 30.3 Å². The average molecular weight is 332 g/mol. The molecule has 4 aromatic rings. The highest BCUT2D eigenvalue weighted by Gasteiger charge is 2.09. The maximum atomic E-state index is 12.4. The molecule has 1 amide bonds. The summed E-state index contributed by atoms with van der Waals surface area (Å²) in [5.41, 5.74) is 1.02. The highest BCUT2D eigenvalue weighted by atomic mass is 16.2. The van der Waals surface area contributed by atoms with Gasteiger partial charge in [0.15, 0.2) is 0 Å². The monoisotopic (exact) mass is 332 g/mol. The summed E-state index contributed by atoms with van der Waals surface area (Å²) < 4.78 is 3.74. The molecular weight excluding hydrogens is 316 g/mol. The highest BCUT2D eigenvalue weighted by molar-refractivity contribution is 5.91. The minimum atomic E-state index is -0.145. The van der Waals surface area contributed by atoms with Gasteiger partial charge >= 0.3 is 0 Å². The van der Waals surface area contributed by atoms with Crippen LogP contribution < -0.4 is 5.32 Å². The summed E-state index contributed by atoms with van der Waals surface area (Å²) in [6.07, 6.45) is 6.85. The van der Waals surface area contributed by atoms with Crippen molar-refractivity contribution in [1.29, 1.82) is 0 Å². The smallest absolute Gasteiger partial charge is 0.245 e. The third kappa shape index (κ3) is 2.99. The number of imidazole rings is 1. The number of rotatable bonds is 4. The second-order valence-corrected chi connectivity index (χ2v) is 5.66. The van der Waals surface area contributed by atoms with Crippen molar-refractivity contribution in [3.05, 3.63) is 67.1 Å². The number of aromatic nitrogens is 5. The number of fused-ring (bicyclic) bond motifs is 1. The van der Waals surface area contributed by atoms with E-state index in [1.165, 1.54) is 6.33 Å². The number of hydrogen-bond acceptors (Lipinski definition) is 4. The van der Waals surface area contributed by atoms with Gasteiger partial charge < -0.3 is 9.88 Å². The fourth-order valence-electron chi connectivity index (χ4n) is 2.78. The minimum Gasteiger partial charge on any atom is -0.338 e. The van der Waals surface area contributed by atoms with E-state index >= 15 is 0 Å². The molecule has 7 nitrogen and oxygen atoms in total. The Morgan fingerprint density at radius 2 is 2.00 bits per heavy atom. The lowest BCUT2D eigenvalue weighted by Crippen LogP contribution is -2.19. The molecule has 4 rings (SSSR count). The zero-order chi connectivity index (χ0) is 17.2. The van der Waals surface area contributed by atoms with E-state index in [0.717, 1.165) is 16.7 Å². The van der Waals surface area contributed by atoms with Crippen molar-refractivity contribution in [3.8, 4) is 5.82 Å². The molecule has 0 saturated carbocycles. The Bertz CT molecular complexity index is 1050. The van der Waals surface area contributed by atoms with Gasteiger partial charge in [0, 0.05) is 30.2 Å².